The van der Waals surface area contributed by atoms with Crippen molar-refractivity contribution in [1.29, 1.82) is 0 Å². The molecule has 146 valence electrons. The van der Waals surface area contributed by atoms with E-state index in [1.165, 1.54) is 11.8 Å². The SMILES string of the molecule is COCCCn1cnnc1SC(C(=O)c1ccc(C)cc1)c1ccc(C)cc1. The number of ether oxygens (including phenoxy) is 1. The highest BCUT2D eigenvalue weighted by Gasteiger charge is 2.25. The number of ketones is 1. The van der Waals surface area contributed by atoms with Crippen molar-refractivity contribution in [2.75, 3.05) is 13.7 Å². The second-order valence-corrected chi connectivity index (χ2v) is 7.86. The molecule has 0 saturated carbocycles. The third-order valence-corrected chi connectivity index (χ3v) is 5.75. The number of hydrogen-bond donors (Lipinski definition) is 0. The van der Waals surface area contributed by atoms with Crippen molar-refractivity contribution < 1.29 is 9.53 Å². The Balaban J connectivity index is 1.89. The van der Waals surface area contributed by atoms with Gasteiger partial charge in [-0.2, -0.15) is 0 Å². The molecular formula is C22H25N3O2S. The molecule has 28 heavy (non-hydrogen) atoms. The van der Waals surface area contributed by atoms with E-state index in [0.717, 1.165) is 34.8 Å². The molecule has 2 aromatic carbocycles. The Kier molecular flexibility index (Phi) is 7.01. The van der Waals surface area contributed by atoms with E-state index < -0.39 is 0 Å². The van der Waals surface area contributed by atoms with Gasteiger partial charge in [-0.25, -0.2) is 0 Å². The molecule has 0 bridgehead atoms. The zero-order valence-electron chi connectivity index (χ0n) is 16.5. The zero-order chi connectivity index (χ0) is 19.9. The lowest BCUT2D eigenvalue weighted by atomic mass is 10.0. The first-order valence-electron chi connectivity index (χ1n) is 9.29. The average molecular weight is 396 g/mol. The van der Waals surface area contributed by atoms with Crippen LogP contribution in [0.4, 0.5) is 0 Å². The lowest BCUT2D eigenvalue weighted by molar-refractivity contribution is 0.0989. The van der Waals surface area contributed by atoms with E-state index in [2.05, 4.69) is 10.2 Å². The van der Waals surface area contributed by atoms with Crippen molar-refractivity contribution in [2.45, 2.75) is 37.2 Å². The monoisotopic (exact) mass is 395 g/mol. The first-order chi connectivity index (χ1) is 13.6. The van der Waals surface area contributed by atoms with Gasteiger partial charge in [-0.15, -0.1) is 10.2 Å². The Morgan fingerprint density at radius 3 is 2.36 bits per heavy atom. The Morgan fingerprint density at radius 2 is 1.71 bits per heavy atom. The van der Waals surface area contributed by atoms with Crippen LogP contribution in [0.2, 0.25) is 0 Å². The number of benzene rings is 2. The third kappa shape index (κ3) is 5.09. The van der Waals surface area contributed by atoms with Crippen molar-refractivity contribution in [3.63, 3.8) is 0 Å². The van der Waals surface area contributed by atoms with Crippen LogP contribution < -0.4 is 0 Å². The molecule has 0 radical (unpaired) electrons. The predicted octanol–water partition coefficient (Wildman–Crippen LogP) is 4.65. The van der Waals surface area contributed by atoms with Crippen LogP contribution in [0.5, 0.6) is 0 Å². The minimum atomic E-state index is -0.381. The summed E-state index contributed by atoms with van der Waals surface area (Å²) in [4.78, 5) is 13.3. The second kappa shape index (κ2) is 9.66. The van der Waals surface area contributed by atoms with E-state index in [4.69, 9.17) is 4.74 Å². The molecule has 1 aromatic heterocycles. The minimum absolute atomic E-state index is 0.0697. The van der Waals surface area contributed by atoms with Gasteiger partial charge in [-0.3, -0.25) is 4.79 Å². The molecule has 0 spiro atoms. The summed E-state index contributed by atoms with van der Waals surface area (Å²) in [5.41, 5.74) is 3.97. The van der Waals surface area contributed by atoms with Crippen LogP contribution in [0.25, 0.3) is 0 Å². The number of carbonyl (C=O) groups excluding carboxylic acids is 1. The highest BCUT2D eigenvalue weighted by molar-refractivity contribution is 8.00. The molecule has 3 rings (SSSR count). The molecule has 5 nitrogen and oxygen atoms in total. The molecule has 0 fully saturated rings. The molecule has 0 saturated heterocycles. The number of Topliss-reactive ketones (excluding diaryl/α,β-unsaturated/α-hetero) is 1. The van der Waals surface area contributed by atoms with E-state index in [1.807, 2.05) is 66.9 Å². The lowest BCUT2D eigenvalue weighted by Gasteiger charge is -2.17. The van der Waals surface area contributed by atoms with Gasteiger partial charge in [0, 0.05) is 25.8 Å². The van der Waals surface area contributed by atoms with E-state index in [1.54, 1.807) is 13.4 Å². The zero-order valence-corrected chi connectivity index (χ0v) is 17.3. The van der Waals surface area contributed by atoms with Gasteiger partial charge >= 0.3 is 0 Å². The van der Waals surface area contributed by atoms with Crippen LogP contribution in [-0.2, 0) is 11.3 Å². The van der Waals surface area contributed by atoms with Crippen molar-refractivity contribution in [1.82, 2.24) is 14.8 Å². The highest BCUT2D eigenvalue weighted by atomic mass is 32.2. The van der Waals surface area contributed by atoms with Gasteiger partial charge in [0.25, 0.3) is 0 Å². The van der Waals surface area contributed by atoms with Gasteiger partial charge in [0.05, 0.1) is 0 Å². The highest BCUT2D eigenvalue weighted by Crippen LogP contribution is 2.37. The maximum atomic E-state index is 13.3. The first-order valence-corrected chi connectivity index (χ1v) is 10.2. The molecule has 0 aliphatic heterocycles. The van der Waals surface area contributed by atoms with E-state index in [-0.39, 0.29) is 11.0 Å². The van der Waals surface area contributed by atoms with Crippen molar-refractivity contribution >= 4 is 17.5 Å². The number of thioether (sulfide) groups is 1. The molecular weight excluding hydrogens is 370 g/mol. The Bertz CT molecular complexity index is 904. The predicted molar refractivity (Wildman–Crippen MR) is 112 cm³/mol. The number of hydrogen-bond acceptors (Lipinski definition) is 5. The van der Waals surface area contributed by atoms with Crippen LogP contribution in [-0.4, -0.2) is 34.3 Å². The Labute approximate surface area is 170 Å². The summed E-state index contributed by atoms with van der Waals surface area (Å²) in [5, 5.41) is 8.65. The molecule has 1 unspecified atom stereocenters. The van der Waals surface area contributed by atoms with Crippen LogP contribution >= 0.6 is 11.8 Å². The average Bonchev–Trinajstić information content (AvgIpc) is 3.14. The summed E-state index contributed by atoms with van der Waals surface area (Å²) in [5.74, 6) is 0.0697. The van der Waals surface area contributed by atoms with E-state index in [0.29, 0.717) is 12.2 Å². The van der Waals surface area contributed by atoms with Crippen LogP contribution in [0.1, 0.15) is 38.7 Å². The fourth-order valence-electron chi connectivity index (χ4n) is 2.86. The van der Waals surface area contributed by atoms with E-state index in [9.17, 15) is 4.79 Å². The van der Waals surface area contributed by atoms with Gasteiger partial charge in [-0.1, -0.05) is 71.4 Å². The number of aryl methyl sites for hydroxylation is 3. The van der Waals surface area contributed by atoms with Gasteiger partial charge < -0.3 is 9.30 Å². The van der Waals surface area contributed by atoms with Crippen molar-refractivity contribution in [3.05, 3.63) is 77.1 Å². The topological polar surface area (TPSA) is 57.0 Å². The summed E-state index contributed by atoms with van der Waals surface area (Å²) in [6.07, 6.45) is 2.57. The van der Waals surface area contributed by atoms with Gasteiger partial charge in [0.2, 0.25) is 0 Å². The Morgan fingerprint density at radius 1 is 1.07 bits per heavy atom. The summed E-state index contributed by atoms with van der Waals surface area (Å²) >= 11 is 1.45. The number of aromatic nitrogens is 3. The minimum Gasteiger partial charge on any atom is -0.385 e. The van der Waals surface area contributed by atoms with Crippen LogP contribution in [0, 0.1) is 13.8 Å². The summed E-state index contributed by atoms with van der Waals surface area (Å²) < 4.78 is 7.11. The Hall–Kier alpha value is -2.44. The smallest absolute Gasteiger partial charge is 0.192 e. The normalized spacial score (nSPS) is 12.1. The molecule has 3 aromatic rings. The van der Waals surface area contributed by atoms with Gasteiger partial charge in [-0.05, 0) is 25.8 Å². The van der Waals surface area contributed by atoms with Crippen LogP contribution in [0.3, 0.4) is 0 Å². The second-order valence-electron chi connectivity index (χ2n) is 6.79. The molecule has 1 atom stereocenters. The number of rotatable bonds is 9. The first kappa shape index (κ1) is 20.3. The molecule has 0 aliphatic carbocycles. The van der Waals surface area contributed by atoms with E-state index >= 15 is 0 Å². The standard InChI is InChI=1S/C22H25N3O2S/c1-16-5-9-18(10-6-16)20(26)21(19-11-7-17(2)8-12-19)28-22-24-23-15-25(22)13-4-14-27-3/h5-12,15,21H,4,13-14H2,1-3H3. The number of carbonyl (C=O) groups is 1. The molecule has 0 amide bonds. The fourth-order valence-corrected chi connectivity index (χ4v) is 3.97. The molecule has 6 heteroatoms. The summed E-state index contributed by atoms with van der Waals surface area (Å²) in [6.45, 7) is 5.48. The third-order valence-electron chi connectivity index (χ3n) is 4.51. The summed E-state index contributed by atoms with van der Waals surface area (Å²) in [6, 6.07) is 15.8. The maximum Gasteiger partial charge on any atom is 0.192 e. The molecule has 0 N–H and O–H groups in total. The fraction of sp³-hybridized carbons (Fsp3) is 0.318. The molecule has 1 heterocycles. The number of methoxy groups -OCH3 is 1. The quantitative estimate of drug-likeness (QED) is 0.300. The van der Waals surface area contributed by atoms with Crippen molar-refractivity contribution in [3.8, 4) is 0 Å². The number of nitrogens with zero attached hydrogens (tertiary/aromatic N) is 3. The molecule has 0 aliphatic rings. The van der Waals surface area contributed by atoms with Crippen LogP contribution in [0.15, 0.2) is 60.0 Å². The summed E-state index contributed by atoms with van der Waals surface area (Å²) in [7, 11) is 1.69. The largest absolute Gasteiger partial charge is 0.385 e. The van der Waals surface area contributed by atoms with Gasteiger partial charge in [0.15, 0.2) is 10.9 Å². The van der Waals surface area contributed by atoms with Crippen molar-refractivity contribution in [2.24, 2.45) is 0 Å². The lowest BCUT2D eigenvalue weighted by Crippen LogP contribution is -2.12. The van der Waals surface area contributed by atoms with Gasteiger partial charge in [0.1, 0.15) is 11.6 Å². The maximum absolute atomic E-state index is 13.3.